The highest BCUT2D eigenvalue weighted by Crippen LogP contribution is 2.46. The maximum Gasteiger partial charge on any atom is 0.102 e. The molecule has 2 rings (SSSR count). The van der Waals surface area contributed by atoms with Crippen molar-refractivity contribution in [3.8, 4) is 0 Å². The molecule has 0 amide bonds. The van der Waals surface area contributed by atoms with E-state index in [1.807, 2.05) is 34.6 Å². The van der Waals surface area contributed by atoms with Crippen molar-refractivity contribution in [2.75, 3.05) is 0 Å². The zero-order valence-electron chi connectivity index (χ0n) is 12.1. The highest BCUT2D eigenvalue weighted by Gasteiger charge is 2.56. The van der Waals surface area contributed by atoms with Gasteiger partial charge in [-0.25, -0.2) is 4.98 Å². The third-order valence-electron chi connectivity index (χ3n) is 3.89. The van der Waals surface area contributed by atoms with Gasteiger partial charge in [0, 0.05) is 17.7 Å². The lowest BCUT2D eigenvalue weighted by Gasteiger charge is -2.34. The van der Waals surface area contributed by atoms with Gasteiger partial charge in [0.15, 0.2) is 0 Å². The summed E-state index contributed by atoms with van der Waals surface area (Å²) in [7, 11) is 0. The summed E-state index contributed by atoms with van der Waals surface area (Å²) in [5, 5.41) is 12.0. The van der Waals surface area contributed by atoms with Crippen molar-refractivity contribution in [2.24, 2.45) is 0 Å². The van der Waals surface area contributed by atoms with Crippen LogP contribution in [0.15, 0.2) is 0 Å². The molecule has 1 aromatic heterocycles. The normalized spacial score (nSPS) is 29.7. The third kappa shape index (κ3) is 2.33. The molecule has 4 heteroatoms. The van der Waals surface area contributed by atoms with Crippen molar-refractivity contribution in [3.63, 3.8) is 0 Å². The van der Waals surface area contributed by atoms with Gasteiger partial charge >= 0.3 is 0 Å². The maximum atomic E-state index is 10.9. The first-order valence-electron chi connectivity index (χ1n) is 6.40. The molecule has 0 saturated carbocycles. The molecule has 102 valence electrons. The summed E-state index contributed by atoms with van der Waals surface area (Å²) in [4.78, 5) is 5.76. The molecule has 3 nitrogen and oxygen atoms in total. The monoisotopic (exact) mass is 269 g/mol. The molecule has 2 heterocycles. The molecule has 0 bridgehead atoms. The number of rotatable bonds is 2. The summed E-state index contributed by atoms with van der Waals surface area (Å²) in [6, 6.07) is 0. The van der Waals surface area contributed by atoms with Crippen molar-refractivity contribution >= 4 is 11.3 Å². The van der Waals surface area contributed by atoms with Crippen LogP contribution in [0.25, 0.3) is 0 Å². The first-order chi connectivity index (χ1) is 8.05. The van der Waals surface area contributed by atoms with Gasteiger partial charge in [0.2, 0.25) is 0 Å². The van der Waals surface area contributed by atoms with Crippen LogP contribution in [0, 0.1) is 13.8 Å². The minimum Gasteiger partial charge on any atom is -0.386 e. The van der Waals surface area contributed by atoms with E-state index in [1.54, 1.807) is 11.3 Å². The molecule has 1 aromatic rings. The van der Waals surface area contributed by atoms with E-state index in [9.17, 15) is 5.11 Å². The fourth-order valence-corrected chi connectivity index (χ4v) is 3.92. The Morgan fingerprint density at radius 2 is 1.89 bits per heavy atom. The predicted octanol–water partition coefficient (Wildman–Crippen LogP) is 3.01. The van der Waals surface area contributed by atoms with Gasteiger partial charge in [-0.2, -0.15) is 0 Å². The summed E-state index contributed by atoms with van der Waals surface area (Å²) in [5.74, 6) is 0. The summed E-state index contributed by atoms with van der Waals surface area (Å²) >= 11 is 1.67. The van der Waals surface area contributed by atoms with E-state index >= 15 is 0 Å². The molecule has 1 unspecified atom stereocenters. The largest absolute Gasteiger partial charge is 0.386 e. The van der Waals surface area contributed by atoms with Crippen molar-refractivity contribution in [1.29, 1.82) is 0 Å². The summed E-state index contributed by atoms with van der Waals surface area (Å²) < 4.78 is 5.99. The topological polar surface area (TPSA) is 42.4 Å². The lowest BCUT2D eigenvalue weighted by atomic mass is 9.80. The summed E-state index contributed by atoms with van der Waals surface area (Å²) in [6.07, 6.45) is 1.22. The van der Waals surface area contributed by atoms with Crippen LogP contribution in [-0.4, -0.2) is 26.9 Å². The van der Waals surface area contributed by atoms with Crippen LogP contribution >= 0.6 is 11.3 Å². The first kappa shape index (κ1) is 14.0. The van der Waals surface area contributed by atoms with E-state index < -0.39 is 11.2 Å². The fourth-order valence-electron chi connectivity index (χ4n) is 2.88. The average molecular weight is 269 g/mol. The SMILES string of the molecule is Cc1nc(CC2(O)CC(C)(C)OC2(C)C)sc1C. The number of hydrogen-bond acceptors (Lipinski definition) is 4. The highest BCUT2D eigenvalue weighted by molar-refractivity contribution is 7.11. The molecule has 1 fully saturated rings. The second kappa shape index (κ2) is 4.02. The quantitative estimate of drug-likeness (QED) is 0.897. The molecule has 0 aromatic carbocycles. The average Bonchev–Trinajstić information content (AvgIpc) is 2.48. The van der Waals surface area contributed by atoms with Gasteiger partial charge in [0.1, 0.15) is 5.60 Å². The van der Waals surface area contributed by atoms with E-state index in [0.29, 0.717) is 12.8 Å². The standard InChI is InChI=1S/C14H23NO2S/c1-9-10(2)18-11(15-9)7-14(16)8-12(3,4)17-13(14,5)6/h16H,7-8H2,1-6H3. The third-order valence-corrected chi connectivity index (χ3v) is 4.96. The Labute approximate surface area is 113 Å². The van der Waals surface area contributed by atoms with Crippen molar-refractivity contribution in [3.05, 3.63) is 15.6 Å². The molecule has 1 atom stereocenters. The fraction of sp³-hybridized carbons (Fsp3) is 0.786. The lowest BCUT2D eigenvalue weighted by Crippen LogP contribution is -2.48. The maximum absolute atomic E-state index is 10.9. The van der Waals surface area contributed by atoms with Crippen molar-refractivity contribution in [1.82, 2.24) is 4.98 Å². The molecule has 1 saturated heterocycles. The molecule has 18 heavy (non-hydrogen) atoms. The number of aryl methyl sites for hydroxylation is 2. The minimum atomic E-state index is -0.840. The second-order valence-corrected chi connectivity index (χ2v) is 7.79. The first-order valence-corrected chi connectivity index (χ1v) is 7.22. The van der Waals surface area contributed by atoms with Crippen LogP contribution in [0.4, 0.5) is 0 Å². The highest BCUT2D eigenvalue weighted by atomic mass is 32.1. The number of thiazole rings is 1. The van der Waals surface area contributed by atoms with Crippen LogP contribution in [0.1, 0.15) is 49.7 Å². The summed E-state index contributed by atoms with van der Waals surface area (Å²) in [6.45, 7) is 12.1. The molecule has 0 radical (unpaired) electrons. The van der Waals surface area contributed by atoms with Crippen LogP contribution in [-0.2, 0) is 11.2 Å². The lowest BCUT2D eigenvalue weighted by molar-refractivity contribution is -0.125. The molecular weight excluding hydrogens is 246 g/mol. The summed E-state index contributed by atoms with van der Waals surface area (Å²) in [5.41, 5.74) is -0.592. The van der Waals surface area contributed by atoms with Gasteiger partial charge < -0.3 is 9.84 Å². The van der Waals surface area contributed by atoms with Crippen LogP contribution < -0.4 is 0 Å². The Balaban J connectivity index is 2.27. The Bertz CT molecular complexity index is 445. The van der Waals surface area contributed by atoms with Crippen molar-refractivity contribution < 1.29 is 9.84 Å². The van der Waals surface area contributed by atoms with Crippen LogP contribution in [0.2, 0.25) is 0 Å². The van der Waals surface area contributed by atoms with E-state index in [-0.39, 0.29) is 5.60 Å². The smallest absolute Gasteiger partial charge is 0.102 e. The van der Waals surface area contributed by atoms with Gasteiger partial charge in [0.05, 0.1) is 21.9 Å². The van der Waals surface area contributed by atoms with E-state index in [1.165, 1.54) is 4.88 Å². The number of hydrogen-bond donors (Lipinski definition) is 1. The molecule has 1 aliphatic rings. The van der Waals surface area contributed by atoms with E-state index in [0.717, 1.165) is 10.7 Å². The van der Waals surface area contributed by atoms with Gasteiger partial charge in [-0.15, -0.1) is 11.3 Å². The van der Waals surface area contributed by atoms with Gasteiger partial charge in [-0.1, -0.05) is 0 Å². The van der Waals surface area contributed by atoms with Gasteiger partial charge in [-0.3, -0.25) is 0 Å². The van der Waals surface area contributed by atoms with E-state index in [2.05, 4.69) is 11.9 Å². The number of aliphatic hydroxyl groups is 1. The Kier molecular flexibility index (Phi) is 3.12. The molecule has 1 N–H and O–H groups in total. The second-order valence-electron chi connectivity index (χ2n) is 6.51. The van der Waals surface area contributed by atoms with Crippen LogP contribution in [0.3, 0.4) is 0 Å². The molecular formula is C14H23NO2S. The number of ether oxygens (including phenoxy) is 1. The Hall–Kier alpha value is -0.450. The van der Waals surface area contributed by atoms with Gasteiger partial charge in [0.25, 0.3) is 0 Å². The Morgan fingerprint density at radius 1 is 1.28 bits per heavy atom. The van der Waals surface area contributed by atoms with Crippen LogP contribution in [0.5, 0.6) is 0 Å². The number of aromatic nitrogens is 1. The zero-order chi connectivity index (χ0) is 13.8. The predicted molar refractivity (Wildman–Crippen MR) is 74.1 cm³/mol. The Morgan fingerprint density at radius 3 is 2.28 bits per heavy atom. The molecule has 0 aliphatic carbocycles. The van der Waals surface area contributed by atoms with Gasteiger partial charge in [-0.05, 0) is 41.5 Å². The molecule has 0 spiro atoms. The molecule has 1 aliphatic heterocycles. The zero-order valence-corrected chi connectivity index (χ0v) is 12.9. The van der Waals surface area contributed by atoms with E-state index in [4.69, 9.17) is 4.74 Å². The number of nitrogens with zero attached hydrogens (tertiary/aromatic N) is 1. The minimum absolute atomic E-state index is 0.278. The van der Waals surface area contributed by atoms with Crippen molar-refractivity contribution in [2.45, 2.75) is 71.2 Å².